The predicted octanol–water partition coefficient (Wildman–Crippen LogP) is 0.821. The van der Waals surface area contributed by atoms with Crippen LogP contribution in [0.15, 0.2) is 0 Å². The van der Waals surface area contributed by atoms with Crippen LogP contribution in [-0.4, -0.2) is 18.1 Å². The first kappa shape index (κ1) is 8.53. The Hall–Kier alpha value is -0.570. The molecule has 1 saturated carbocycles. The van der Waals surface area contributed by atoms with Crippen molar-refractivity contribution in [3.05, 3.63) is 0 Å². The first-order valence-electron chi connectivity index (χ1n) is 4.11. The van der Waals surface area contributed by atoms with Gasteiger partial charge in [0.25, 0.3) is 0 Å². The maximum Gasteiger partial charge on any atom is 0.305 e. The molecular formula is C8H15NO2. The van der Waals surface area contributed by atoms with Gasteiger partial charge in [0.05, 0.1) is 6.61 Å². The molecule has 0 aromatic carbocycles. The number of carbonyl (C=O) groups is 1. The zero-order valence-corrected chi connectivity index (χ0v) is 6.93. The molecule has 1 rings (SSSR count). The van der Waals surface area contributed by atoms with Crippen LogP contribution < -0.4 is 5.73 Å². The molecule has 0 unspecified atom stereocenters. The summed E-state index contributed by atoms with van der Waals surface area (Å²) in [5.41, 5.74) is 5.76. The standard InChI is InChI=1S/C8H15NO2/c1-2-11-7(10)3-4-8(9)5-6-8/h2-6,9H2,1H3. The highest BCUT2D eigenvalue weighted by Crippen LogP contribution is 2.36. The van der Waals surface area contributed by atoms with Crippen molar-refractivity contribution in [2.75, 3.05) is 6.61 Å². The second-order valence-corrected chi connectivity index (χ2v) is 3.17. The second kappa shape index (κ2) is 3.22. The molecule has 0 amide bonds. The van der Waals surface area contributed by atoms with Crippen LogP contribution in [0.1, 0.15) is 32.6 Å². The van der Waals surface area contributed by atoms with Crippen molar-refractivity contribution in [2.24, 2.45) is 5.73 Å². The average Bonchev–Trinajstić information content (AvgIpc) is 2.66. The van der Waals surface area contributed by atoms with Gasteiger partial charge in [-0.15, -0.1) is 0 Å². The van der Waals surface area contributed by atoms with Gasteiger partial charge in [0, 0.05) is 12.0 Å². The number of carbonyl (C=O) groups excluding carboxylic acids is 1. The lowest BCUT2D eigenvalue weighted by atomic mass is 10.1. The quantitative estimate of drug-likeness (QED) is 0.615. The molecule has 0 spiro atoms. The third kappa shape index (κ3) is 2.89. The van der Waals surface area contributed by atoms with E-state index in [0.29, 0.717) is 13.0 Å². The maximum absolute atomic E-state index is 10.8. The molecule has 0 heterocycles. The Kier molecular flexibility index (Phi) is 2.49. The van der Waals surface area contributed by atoms with E-state index in [1.807, 2.05) is 6.92 Å². The van der Waals surface area contributed by atoms with E-state index in [0.717, 1.165) is 19.3 Å². The first-order valence-corrected chi connectivity index (χ1v) is 4.11. The third-order valence-corrected chi connectivity index (χ3v) is 2.02. The Bertz CT molecular complexity index is 152. The van der Waals surface area contributed by atoms with E-state index in [2.05, 4.69) is 0 Å². The van der Waals surface area contributed by atoms with Gasteiger partial charge in [-0.3, -0.25) is 4.79 Å². The van der Waals surface area contributed by atoms with Gasteiger partial charge in [-0.05, 0) is 26.2 Å². The summed E-state index contributed by atoms with van der Waals surface area (Å²) in [6.45, 7) is 2.28. The summed E-state index contributed by atoms with van der Waals surface area (Å²) in [6.07, 6.45) is 3.38. The van der Waals surface area contributed by atoms with E-state index in [9.17, 15) is 4.79 Å². The number of rotatable bonds is 4. The Labute approximate surface area is 66.9 Å². The molecular weight excluding hydrogens is 142 g/mol. The molecule has 3 nitrogen and oxygen atoms in total. The lowest BCUT2D eigenvalue weighted by Crippen LogP contribution is -2.23. The van der Waals surface area contributed by atoms with Crippen LogP contribution >= 0.6 is 0 Å². The van der Waals surface area contributed by atoms with Crippen molar-refractivity contribution >= 4 is 5.97 Å². The fourth-order valence-electron chi connectivity index (χ4n) is 0.995. The molecule has 0 aromatic rings. The van der Waals surface area contributed by atoms with Crippen molar-refractivity contribution in [1.29, 1.82) is 0 Å². The summed E-state index contributed by atoms with van der Waals surface area (Å²) in [7, 11) is 0. The SMILES string of the molecule is CCOC(=O)CCC1(N)CC1. The van der Waals surface area contributed by atoms with Crippen LogP contribution in [0.3, 0.4) is 0 Å². The molecule has 3 heteroatoms. The smallest absolute Gasteiger partial charge is 0.305 e. The van der Waals surface area contributed by atoms with Gasteiger partial charge in [0.15, 0.2) is 0 Å². The summed E-state index contributed by atoms with van der Waals surface area (Å²) in [5.74, 6) is -0.121. The van der Waals surface area contributed by atoms with Crippen LogP contribution in [0.2, 0.25) is 0 Å². The highest BCUT2D eigenvalue weighted by atomic mass is 16.5. The van der Waals surface area contributed by atoms with Crippen LogP contribution in [0.25, 0.3) is 0 Å². The molecule has 0 saturated heterocycles. The maximum atomic E-state index is 10.8. The summed E-state index contributed by atoms with van der Waals surface area (Å²) >= 11 is 0. The topological polar surface area (TPSA) is 52.3 Å². The number of hydrogen-bond acceptors (Lipinski definition) is 3. The number of hydrogen-bond donors (Lipinski definition) is 1. The lowest BCUT2D eigenvalue weighted by molar-refractivity contribution is -0.143. The van der Waals surface area contributed by atoms with Crippen molar-refractivity contribution in [3.8, 4) is 0 Å². The van der Waals surface area contributed by atoms with Crippen LogP contribution in [0, 0.1) is 0 Å². The van der Waals surface area contributed by atoms with Gasteiger partial charge in [-0.25, -0.2) is 0 Å². The summed E-state index contributed by atoms with van der Waals surface area (Å²) < 4.78 is 4.77. The molecule has 1 fully saturated rings. The minimum atomic E-state index is -0.121. The minimum Gasteiger partial charge on any atom is -0.466 e. The third-order valence-electron chi connectivity index (χ3n) is 2.02. The highest BCUT2D eigenvalue weighted by molar-refractivity contribution is 5.69. The number of esters is 1. The monoisotopic (exact) mass is 157 g/mol. The predicted molar refractivity (Wildman–Crippen MR) is 42.0 cm³/mol. The fraction of sp³-hybridized carbons (Fsp3) is 0.875. The fourth-order valence-corrected chi connectivity index (χ4v) is 0.995. The molecule has 1 aliphatic carbocycles. The molecule has 64 valence electrons. The summed E-state index contributed by atoms with van der Waals surface area (Å²) in [4.78, 5) is 10.8. The van der Waals surface area contributed by atoms with Crippen molar-refractivity contribution in [3.63, 3.8) is 0 Å². The lowest BCUT2D eigenvalue weighted by Gasteiger charge is -2.06. The van der Waals surface area contributed by atoms with E-state index >= 15 is 0 Å². The number of nitrogens with two attached hydrogens (primary N) is 1. The normalized spacial score (nSPS) is 19.5. The minimum absolute atomic E-state index is 0.0211. The van der Waals surface area contributed by atoms with E-state index < -0.39 is 0 Å². The molecule has 1 aliphatic rings. The van der Waals surface area contributed by atoms with Gasteiger partial charge in [-0.1, -0.05) is 0 Å². The van der Waals surface area contributed by atoms with E-state index in [-0.39, 0.29) is 11.5 Å². The zero-order valence-electron chi connectivity index (χ0n) is 6.93. The molecule has 0 radical (unpaired) electrons. The molecule has 0 aliphatic heterocycles. The van der Waals surface area contributed by atoms with Crippen molar-refractivity contribution in [1.82, 2.24) is 0 Å². The van der Waals surface area contributed by atoms with Crippen LogP contribution in [0.5, 0.6) is 0 Å². The van der Waals surface area contributed by atoms with E-state index in [4.69, 9.17) is 10.5 Å². The molecule has 2 N–H and O–H groups in total. The average molecular weight is 157 g/mol. The molecule has 0 aromatic heterocycles. The number of ether oxygens (including phenoxy) is 1. The van der Waals surface area contributed by atoms with Gasteiger partial charge in [-0.2, -0.15) is 0 Å². The Balaban J connectivity index is 2.06. The zero-order chi connectivity index (χ0) is 8.32. The van der Waals surface area contributed by atoms with Gasteiger partial charge in [0.1, 0.15) is 0 Å². The Morgan fingerprint density at radius 1 is 1.64 bits per heavy atom. The summed E-state index contributed by atoms with van der Waals surface area (Å²) in [5, 5.41) is 0. The van der Waals surface area contributed by atoms with Crippen molar-refractivity contribution in [2.45, 2.75) is 38.1 Å². The van der Waals surface area contributed by atoms with Crippen LogP contribution in [0.4, 0.5) is 0 Å². The van der Waals surface area contributed by atoms with E-state index in [1.54, 1.807) is 0 Å². The van der Waals surface area contributed by atoms with Gasteiger partial charge >= 0.3 is 5.97 Å². The Morgan fingerprint density at radius 2 is 2.27 bits per heavy atom. The van der Waals surface area contributed by atoms with Crippen molar-refractivity contribution < 1.29 is 9.53 Å². The Morgan fingerprint density at radius 3 is 2.73 bits per heavy atom. The summed E-state index contributed by atoms with van der Waals surface area (Å²) in [6, 6.07) is 0. The first-order chi connectivity index (χ1) is 5.16. The molecule has 0 atom stereocenters. The molecule has 11 heavy (non-hydrogen) atoms. The van der Waals surface area contributed by atoms with Crippen LogP contribution in [-0.2, 0) is 9.53 Å². The largest absolute Gasteiger partial charge is 0.466 e. The van der Waals surface area contributed by atoms with Gasteiger partial charge in [0.2, 0.25) is 0 Å². The second-order valence-electron chi connectivity index (χ2n) is 3.17. The van der Waals surface area contributed by atoms with E-state index in [1.165, 1.54) is 0 Å². The highest BCUT2D eigenvalue weighted by Gasteiger charge is 2.37. The van der Waals surface area contributed by atoms with Gasteiger partial charge < -0.3 is 10.5 Å². The molecule has 0 bridgehead atoms.